The lowest BCUT2D eigenvalue weighted by Crippen LogP contribution is -2.25. The molecule has 2 amide bonds. The number of hydrogen-bond donors (Lipinski definition) is 2. The molecule has 1 aliphatic rings. The van der Waals surface area contributed by atoms with Gasteiger partial charge in [-0.3, -0.25) is 9.59 Å². The Kier molecular flexibility index (Phi) is 4.99. The summed E-state index contributed by atoms with van der Waals surface area (Å²) < 4.78 is 11.0. The molecule has 3 aromatic rings. The van der Waals surface area contributed by atoms with Crippen LogP contribution in [-0.2, 0) is 16.0 Å². The van der Waals surface area contributed by atoms with Crippen molar-refractivity contribution in [2.75, 3.05) is 17.2 Å². The summed E-state index contributed by atoms with van der Waals surface area (Å²) in [7, 11) is 0. The molecule has 0 aliphatic carbocycles. The highest BCUT2D eigenvalue weighted by Gasteiger charge is 2.17. The Morgan fingerprint density at radius 3 is 2.96 bits per heavy atom. The summed E-state index contributed by atoms with van der Waals surface area (Å²) in [4.78, 5) is 27.8. The van der Waals surface area contributed by atoms with Crippen LogP contribution in [0.1, 0.15) is 12.3 Å². The molecule has 2 N–H and O–H groups in total. The fraction of sp³-hybridized carbons (Fsp3) is 0.150. The third-order valence-corrected chi connectivity index (χ3v) is 4.48. The number of halogens is 1. The number of carbonyl (C=O) groups excluding carboxylic acids is 2. The van der Waals surface area contributed by atoms with Gasteiger partial charge in [0.1, 0.15) is 5.75 Å². The maximum atomic E-state index is 12.2. The van der Waals surface area contributed by atoms with E-state index < -0.39 is 0 Å². The van der Waals surface area contributed by atoms with Crippen LogP contribution in [0.15, 0.2) is 53.1 Å². The van der Waals surface area contributed by atoms with Crippen molar-refractivity contribution in [2.45, 2.75) is 12.8 Å². The van der Waals surface area contributed by atoms with Gasteiger partial charge in [0, 0.05) is 24.1 Å². The van der Waals surface area contributed by atoms with Crippen molar-refractivity contribution in [3.05, 3.63) is 59.6 Å². The smallest absolute Gasteiger partial charge is 0.262 e. The van der Waals surface area contributed by atoms with Gasteiger partial charge in [-0.05, 0) is 30.3 Å². The number of aryl methyl sites for hydroxylation is 1. The van der Waals surface area contributed by atoms with Gasteiger partial charge in [0.15, 0.2) is 18.3 Å². The van der Waals surface area contributed by atoms with Crippen LogP contribution in [0.2, 0.25) is 5.02 Å². The second-order valence-electron chi connectivity index (χ2n) is 6.19. The topological polar surface area (TPSA) is 93.5 Å². The molecule has 0 fully saturated rings. The fourth-order valence-electron chi connectivity index (χ4n) is 2.82. The van der Waals surface area contributed by atoms with E-state index in [-0.39, 0.29) is 24.8 Å². The number of fused-ring (bicyclic) bond motifs is 1. The van der Waals surface area contributed by atoms with Crippen molar-refractivity contribution in [2.24, 2.45) is 0 Å². The van der Waals surface area contributed by atoms with E-state index in [1.165, 1.54) is 0 Å². The van der Waals surface area contributed by atoms with Gasteiger partial charge < -0.3 is 19.8 Å². The summed E-state index contributed by atoms with van der Waals surface area (Å²) in [5.74, 6) is 1.17. The third kappa shape index (κ3) is 3.99. The second-order valence-corrected chi connectivity index (χ2v) is 6.60. The predicted octanol–water partition coefficient (Wildman–Crippen LogP) is 3.90. The Balaban J connectivity index is 1.36. The SMILES string of the molecule is O=C(CCc1ncc(-c2ccccc2Cl)o1)Nc1ccc2c(c1)NC(=O)CO2. The molecule has 0 atom stereocenters. The Morgan fingerprint density at radius 2 is 2.11 bits per heavy atom. The Bertz CT molecular complexity index is 1050. The van der Waals surface area contributed by atoms with E-state index in [9.17, 15) is 9.59 Å². The van der Waals surface area contributed by atoms with Crippen molar-refractivity contribution in [1.82, 2.24) is 4.98 Å². The molecule has 1 aliphatic heterocycles. The Hall–Kier alpha value is -3.32. The standard InChI is InChI=1S/C20H16ClN3O4/c21-14-4-2-1-3-13(14)17-10-22-20(28-17)8-7-18(25)23-12-5-6-16-15(9-12)24-19(26)11-27-16/h1-6,9-10H,7-8,11H2,(H,23,25)(H,24,26). The minimum absolute atomic E-state index is 0.00889. The molecule has 0 unspecified atom stereocenters. The maximum absolute atomic E-state index is 12.2. The zero-order valence-corrected chi connectivity index (χ0v) is 15.5. The van der Waals surface area contributed by atoms with Crippen molar-refractivity contribution in [1.29, 1.82) is 0 Å². The number of amides is 2. The van der Waals surface area contributed by atoms with E-state index >= 15 is 0 Å². The Labute approximate surface area is 165 Å². The predicted molar refractivity (Wildman–Crippen MR) is 104 cm³/mol. The first-order valence-electron chi connectivity index (χ1n) is 8.64. The van der Waals surface area contributed by atoms with Gasteiger partial charge in [-0.1, -0.05) is 23.7 Å². The molecule has 2 heterocycles. The molecule has 0 saturated heterocycles. The highest BCUT2D eigenvalue weighted by molar-refractivity contribution is 6.33. The number of anilines is 2. The highest BCUT2D eigenvalue weighted by Crippen LogP contribution is 2.31. The van der Waals surface area contributed by atoms with Crippen LogP contribution >= 0.6 is 11.6 Å². The van der Waals surface area contributed by atoms with E-state index in [0.717, 1.165) is 5.56 Å². The molecule has 0 bridgehead atoms. The first kappa shape index (κ1) is 18.1. The van der Waals surface area contributed by atoms with Gasteiger partial charge in [0.2, 0.25) is 5.91 Å². The minimum Gasteiger partial charge on any atom is -0.482 e. The third-order valence-electron chi connectivity index (χ3n) is 4.15. The molecule has 0 radical (unpaired) electrons. The zero-order valence-electron chi connectivity index (χ0n) is 14.7. The van der Waals surface area contributed by atoms with E-state index in [4.69, 9.17) is 20.8 Å². The molecule has 0 saturated carbocycles. The molecule has 0 spiro atoms. The number of oxazole rings is 1. The van der Waals surface area contributed by atoms with Crippen molar-refractivity contribution < 1.29 is 18.7 Å². The first-order chi connectivity index (χ1) is 13.6. The number of nitrogens with one attached hydrogen (secondary N) is 2. The fourth-order valence-corrected chi connectivity index (χ4v) is 3.05. The van der Waals surface area contributed by atoms with Gasteiger partial charge >= 0.3 is 0 Å². The van der Waals surface area contributed by atoms with Gasteiger partial charge in [-0.2, -0.15) is 0 Å². The molecule has 1 aromatic heterocycles. The second kappa shape index (κ2) is 7.74. The van der Waals surface area contributed by atoms with Crippen molar-refractivity contribution in [3.63, 3.8) is 0 Å². The molecular weight excluding hydrogens is 382 g/mol. The maximum Gasteiger partial charge on any atom is 0.262 e. The summed E-state index contributed by atoms with van der Waals surface area (Å²) in [6, 6.07) is 12.4. The molecule has 8 heteroatoms. The summed E-state index contributed by atoms with van der Waals surface area (Å²) in [6.07, 6.45) is 2.14. The largest absolute Gasteiger partial charge is 0.482 e. The number of carbonyl (C=O) groups is 2. The molecule has 2 aromatic carbocycles. The average molecular weight is 398 g/mol. The lowest BCUT2D eigenvalue weighted by molar-refractivity contribution is -0.118. The van der Waals surface area contributed by atoms with Crippen LogP contribution < -0.4 is 15.4 Å². The van der Waals surface area contributed by atoms with E-state index in [1.54, 1.807) is 30.5 Å². The van der Waals surface area contributed by atoms with Gasteiger partial charge in [0.25, 0.3) is 5.91 Å². The molecular formula is C20H16ClN3O4. The zero-order chi connectivity index (χ0) is 19.5. The molecule has 28 heavy (non-hydrogen) atoms. The van der Waals surface area contributed by atoms with Crippen LogP contribution in [0, 0.1) is 0 Å². The summed E-state index contributed by atoms with van der Waals surface area (Å²) >= 11 is 6.16. The minimum atomic E-state index is -0.228. The number of ether oxygens (including phenoxy) is 1. The van der Waals surface area contributed by atoms with Crippen LogP contribution in [0.4, 0.5) is 11.4 Å². The highest BCUT2D eigenvalue weighted by atomic mass is 35.5. The summed E-state index contributed by atoms with van der Waals surface area (Å²) in [5, 5.41) is 6.07. The van der Waals surface area contributed by atoms with Gasteiger partial charge in [-0.25, -0.2) is 4.98 Å². The Morgan fingerprint density at radius 1 is 1.25 bits per heavy atom. The summed E-state index contributed by atoms with van der Waals surface area (Å²) in [6.45, 7) is -0.00889. The van der Waals surface area contributed by atoms with Crippen LogP contribution in [0.5, 0.6) is 5.75 Å². The van der Waals surface area contributed by atoms with Gasteiger partial charge in [0.05, 0.1) is 16.9 Å². The monoisotopic (exact) mass is 397 g/mol. The molecule has 142 valence electrons. The first-order valence-corrected chi connectivity index (χ1v) is 9.02. The quantitative estimate of drug-likeness (QED) is 0.681. The van der Waals surface area contributed by atoms with Crippen LogP contribution in [-0.4, -0.2) is 23.4 Å². The molecule has 4 rings (SSSR count). The number of rotatable bonds is 5. The number of hydrogen-bond acceptors (Lipinski definition) is 5. The van der Waals surface area contributed by atoms with E-state index in [2.05, 4.69) is 15.6 Å². The number of aromatic nitrogens is 1. The molecule has 7 nitrogen and oxygen atoms in total. The average Bonchev–Trinajstić information content (AvgIpc) is 3.15. The van der Waals surface area contributed by atoms with Crippen molar-refractivity contribution in [3.8, 4) is 17.1 Å². The lowest BCUT2D eigenvalue weighted by atomic mass is 10.2. The summed E-state index contributed by atoms with van der Waals surface area (Å²) in [5.41, 5.74) is 1.86. The van der Waals surface area contributed by atoms with Gasteiger partial charge in [-0.15, -0.1) is 0 Å². The van der Waals surface area contributed by atoms with E-state index in [1.807, 2.05) is 18.2 Å². The normalized spacial score (nSPS) is 12.7. The lowest BCUT2D eigenvalue weighted by Gasteiger charge is -2.18. The van der Waals surface area contributed by atoms with Crippen LogP contribution in [0.3, 0.4) is 0 Å². The number of benzene rings is 2. The number of nitrogens with zero attached hydrogens (tertiary/aromatic N) is 1. The van der Waals surface area contributed by atoms with Crippen LogP contribution in [0.25, 0.3) is 11.3 Å². The van der Waals surface area contributed by atoms with E-state index in [0.29, 0.717) is 40.2 Å². The van der Waals surface area contributed by atoms with Crippen molar-refractivity contribution >= 4 is 34.8 Å².